The first kappa shape index (κ1) is 16.4. The van der Waals surface area contributed by atoms with Gasteiger partial charge in [0.1, 0.15) is 0 Å². The lowest BCUT2D eigenvalue weighted by Gasteiger charge is -2.07. The van der Waals surface area contributed by atoms with E-state index in [2.05, 4.69) is 25.3 Å². The first-order valence-corrected chi connectivity index (χ1v) is 7.19. The number of anilines is 2. The second-order valence-electron chi connectivity index (χ2n) is 4.75. The summed E-state index contributed by atoms with van der Waals surface area (Å²) in [6.45, 7) is 2.59. The number of hydrogen-bond acceptors (Lipinski definition) is 6. The molecule has 1 aromatic heterocycles. The van der Waals surface area contributed by atoms with E-state index in [-0.39, 0.29) is 5.91 Å². The highest BCUT2D eigenvalue weighted by atomic mass is 16.5. The molecular formula is C16H18N4O3. The Morgan fingerprint density at radius 3 is 2.57 bits per heavy atom. The van der Waals surface area contributed by atoms with Crippen molar-refractivity contribution in [3.05, 3.63) is 47.8 Å². The first-order valence-electron chi connectivity index (χ1n) is 7.19. The van der Waals surface area contributed by atoms with Crippen LogP contribution in [0.4, 0.5) is 11.6 Å². The van der Waals surface area contributed by atoms with Crippen molar-refractivity contribution in [2.75, 3.05) is 19.0 Å². The zero-order valence-corrected chi connectivity index (χ0v) is 13.0. The van der Waals surface area contributed by atoms with E-state index in [4.69, 9.17) is 0 Å². The van der Waals surface area contributed by atoms with Gasteiger partial charge in [-0.1, -0.05) is 13.0 Å². The van der Waals surface area contributed by atoms with Gasteiger partial charge < -0.3 is 15.4 Å². The molecule has 7 nitrogen and oxygen atoms in total. The van der Waals surface area contributed by atoms with Gasteiger partial charge in [-0.25, -0.2) is 14.8 Å². The summed E-state index contributed by atoms with van der Waals surface area (Å²) in [6, 6.07) is 6.79. The lowest BCUT2D eigenvalue weighted by Crippen LogP contribution is -2.24. The van der Waals surface area contributed by atoms with E-state index in [0.717, 1.165) is 6.42 Å². The number of carbonyl (C=O) groups excluding carboxylic acids is 2. The Bertz CT molecular complexity index is 686. The minimum atomic E-state index is -0.419. The molecule has 7 heteroatoms. The molecule has 2 rings (SSSR count). The van der Waals surface area contributed by atoms with Crippen LogP contribution in [-0.4, -0.2) is 35.5 Å². The fraction of sp³-hybridized carbons (Fsp3) is 0.250. The molecule has 1 aromatic carbocycles. The summed E-state index contributed by atoms with van der Waals surface area (Å²) in [5, 5.41) is 5.72. The van der Waals surface area contributed by atoms with Crippen LogP contribution in [0.1, 0.15) is 34.1 Å². The Kier molecular flexibility index (Phi) is 5.62. The molecule has 0 spiro atoms. The van der Waals surface area contributed by atoms with Gasteiger partial charge in [-0.15, -0.1) is 0 Å². The predicted molar refractivity (Wildman–Crippen MR) is 85.7 cm³/mol. The van der Waals surface area contributed by atoms with Gasteiger partial charge in [-0.2, -0.15) is 0 Å². The number of carbonyl (C=O) groups is 2. The molecule has 120 valence electrons. The van der Waals surface area contributed by atoms with Gasteiger partial charge in [0.25, 0.3) is 5.91 Å². The van der Waals surface area contributed by atoms with E-state index in [0.29, 0.717) is 29.3 Å². The Labute approximate surface area is 134 Å². The molecule has 0 fully saturated rings. The minimum Gasteiger partial charge on any atom is -0.465 e. The maximum Gasteiger partial charge on any atom is 0.337 e. The number of benzene rings is 1. The molecule has 2 aromatic rings. The molecule has 1 heterocycles. The number of amides is 1. The smallest absolute Gasteiger partial charge is 0.337 e. The topological polar surface area (TPSA) is 93.2 Å². The largest absolute Gasteiger partial charge is 0.465 e. The molecule has 2 N–H and O–H groups in total. The fourth-order valence-electron chi connectivity index (χ4n) is 1.82. The van der Waals surface area contributed by atoms with Crippen LogP contribution < -0.4 is 10.6 Å². The zero-order chi connectivity index (χ0) is 16.7. The van der Waals surface area contributed by atoms with Crippen molar-refractivity contribution in [1.82, 2.24) is 15.3 Å². The summed E-state index contributed by atoms with van der Waals surface area (Å²) in [5.74, 6) is -0.289. The Morgan fingerprint density at radius 2 is 1.91 bits per heavy atom. The molecule has 23 heavy (non-hydrogen) atoms. The van der Waals surface area contributed by atoms with Crippen LogP contribution in [0.3, 0.4) is 0 Å². The van der Waals surface area contributed by atoms with Crippen LogP contribution in [0.15, 0.2) is 36.7 Å². The summed E-state index contributed by atoms with van der Waals surface area (Å²) in [6.07, 6.45) is 3.76. The number of rotatable bonds is 6. The average molecular weight is 314 g/mol. The Balaban J connectivity index is 2.06. The number of esters is 1. The quantitative estimate of drug-likeness (QED) is 0.794. The van der Waals surface area contributed by atoms with Gasteiger partial charge in [-0.3, -0.25) is 4.79 Å². The molecule has 0 aliphatic carbocycles. The van der Waals surface area contributed by atoms with Gasteiger partial charge in [-0.05, 0) is 24.6 Å². The first-order chi connectivity index (χ1) is 11.1. The molecule has 0 radical (unpaired) electrons. The van der Waals surface area contributed by atoms with Crippen LogP contribution in [0, 0.1) is 0 Å². The van der Waals surface area contributed by atoms with E-state index >= 15 is 0 Å². The van der Waals surface area contributed by atoms with E-state index < -0.39 is 5.97 Å². The summed E-state index contributed by atoms with van der Waals surface area (Å²) < 4.78 is 4.67. The molecule has 0 unspecified atom stereocenters. The third kappa shape index (κ3) is 4.50. The summed E-state index contributed by atoms with van der Waals surface area (Å²) in [5.41, 5.74) is 1.47. The van der Waals surface area contributed by atoms with E-state index in [1.165, 1.54) is 19.5 Å². The Morgan fingerprint density at radius 1 is 1.17 bits per heavy atom. The highest BCUT2D eigenvalue weighted by Crippen LogP contribution is 2.15. The molecule has 0 aliphatic heterocycles. The number of hydrogen-bond donors (Lipinski definition) is 2. The predicted octanol–water partition coefficient (Wildman–Crippen LogP) is 2.15. The summed E-state index contributed by atoms with van der Waals surface area (Å²) in [4.78, 5) is 31.5. The van der Waals surface area contributed by atoms with E-state index in [1.807, 2.05) is 6.92 Å². The third-order valence-electron chi connectivity index (χ3n) is 2.99. The highest BCUT2D eigenvalue weighted by molar-refractivity contribution is 5.93. The SMILES string of the molecule is CCCNC(=O)c1cnc(Nc2cccc(C(=O)OC)c2)nc1. The number of nitrogens with one attached hydrogen (secondary N) is 2. The van der Waals surface area contributed by atoms with Crippen molar-refractivity contribution in [3.63, 3.8) is 0 Å². The van der Waals surface area contributed by atoms with E-state index in [1.54, 1.807) is 24.3 Å². The van der Waals surface area contributed by atoms with Crippen molar-refractivity contribution in [1.29, 1.82) is 0 Å². The van der Waals surface area contributed by atoms with Gasteiger partial charge >= 0.3 is 5.97 Å². The fourth-order valence-corrected chi connectivity index (χ4v) is 1.82. The molecule has 0 saturated heterocycles. The van der Waals surface area contributed by atoms with Crippen molar-refractivity contribution < 1.29 is 14.3 Å². The summed E-state index contributed by atoms with van der Waals surface area (Å²) >= 11 is 0. The van der Waals surface area contributed by atoms with Crippen LogP contribution in [0.5, 0.6) is 0 Å². The third-order valence-corrected chi connectivity index (χ3v) is 2.99. The van der Waals surface area contributed by atoms with Crippen LogP contribution in [0.2, 0.25) is 0 Å². The maximum atomic E-state index is 11.8. The van der Waals surface area contributed by atoms with E-state index in [9.17, 15) is 9.59 Å². The second-order valence-corrected chi connectivity index (χ2v) is 4.75. The second kappa shape index (κ2) is 7.88. The van der Waals surface area contributed by atoms with Gasteiger partial charge in [0.05, 0.1) is 18.2 Å². The molecule has 0 bridgehead atoms. The maximum absolute atomic E-state index is 11.8. The van der Waals surface area contributed by atoms with Crippen LogP contribution in [-0.2, 0) is 4.74 Å². The van der Waals surface area contributed by atoms with Gasteiger partial charge in [0.2, 0.25) is 5.95 Å². The molecule has 1 amide bonds. The number of ether oxygens (including phenoxy) is 1. The van der Waals surface area contributed by atoms with Crippen molar-refractivity contribution in [2.45, 2.75) is 13.3 Å². The van der Waals surface area contributed by atoms with Gasteiger partial charge in [0.15, 0.2) is 0 Å². The zero-order valence-electron chi connectivity index (χ0n) is 13.0. The molecular weight excluding hydrogens is 296 g/mol. The van der Waals surface area contributed by atoms with Crippen molar-refractivity contribution >= 4 is 23.5 Å². The van der Waals surface area contributed by atoms with Gasteiger partial charge in [0, 0.05) is 24.6 Å². The lowest BCUT2D eigenvalue weighted by molar-refractivity contribution is 0.0600. The highest BCUT2D eigenvalue weighted by Gasteiger charge is 2.08. The van der Waals surface area contributed by atoms with Crippen molar-refractivity contribution in [2.24, 2.45) is 0 Å². The standard InChI is InChI=1S/C16H18N4O3/c1-3-7-17-14(21)12-9-18-16(19-10-12)20-13-6-4-5-11(8-13)15(22)23-2/h4-6,8-10H,3,7H2,1-2H3,(H,17,21)(H,18,19,20). The lowest BCUT2D eigenvalue weighted by atomic mass is 10.2. The minimum absolute atomic E-state index is 0.203. The van der Waals surface area contributed by atoms with Crippen LogP contribution in [0.25, 0.3) is 0 Å². The number of methoxy groups -OCH3 is 1. The molecule has 0 aliphatic rings. The average Bonchev–Trinajstić information content (AvgIpc) is 2.59. The monoisotopic (exact) mass is 314 g/mol. The van der Waals surface area contributed by atoms with Crippen molar-refractivity contribution in [3.8, 4) is 0 Å². The summed E-state index contributed by atoms with van der Waals surface area (Å²) in [7, 11) is 1.33. The number of nitrogens with zero attached hydrogens (tertiary/aromatic N) is 2. The normalized spacial score (nSPS) is 10.0. The van der Waals surface area contributed by atoms with Crippen LogP contribution >= 0.6 is 0 Å². The molecule has 0 saturated carbocycles. The number of aromatic nitrogens is 2. The molecule has 0 atom stereocenters. The Hall–Kier alpha value is -2.96.